The maximum atomic E-state index is 12.6. The topological polar surface area (TPSA) is 68.2 Å². The largest absolute Gasteiger partial charge is 0.497 e. The van der Waals surface area contributed by atoms with Gasteiger partial charge in [-0.1, -0.05) is 23.9 Å². The molecule has 6 nitrogen and oxygen atoms in total. The zero-order chi connectivity index (χ0) is 17.4. The number of amidine groups is 1. The van der Waals surface area contributed by atoms with Gasteiger partial charge in [-0.15, -0.1) is 0 Å². The molecule has 1 aromatic rings. The van der Waals surface area contributed by atoms with E-state index >= 15 is 0 Å². The standard InChI is InChI=1S/C17H18N2O4S/c1-9-13(16(21)23-4)14(11-5-7-12(22-3)8-6-11)19-15(20)10(2)24-17(19)18-9/h5-8,10,14H,1-4H3/t10-,14-/m1/s1. The van der Waals surface area contributed by atoms with E-state index in [4.69, 9.17) is 9.47 Å². The number of nitrogens with zero attached hydrogens (tertiary/aromatic N) is 2. The van der Waals surface area contributed by atoms with E-state index in [2.05, 4.69) is 4.99 Å². The van der Waals surface area contributed by atoms with Gasteiger partial charge in [0.15, 0.2) is 5.17 Å². The molecule has 0 radical (unpaired) electrons. The Morgan fingerprint density at radius 1 is 1.25 bits per heavy atom. The third kappa shape index (κ3) is 2.58. The minimum absolute atomic E-state index is 0.0616. The van der Waals surface area contributed by atoms with Crippen molar-refractivity contribution in [3.8, 4) is 5.75 Å². The molecule has 24 heavy (non-hydrogen) atoms. The van der Waals surface area contributed by atoms with E-state index in [-0.39, 0.29) is 11.2 Å². The van der Waals surface area contributed by atoms with Gasteiger partial charge in [0, 0.05) is 0 Å². The molecule has 0 aromatic heterocycles. The summed E-state index contributed by atoms with van der Waals surface area (Å²) in [4.78, 5) is 31.0. The van der Waals surface area contributed by atoms with Gasteiger partial charge in [-0.25, -0.2) is 9.79 Å². The molecule has 0 bridgehead atoms. The highest BCUT2D eigenvalue weighted by Crippen LogP contribution is 2.43. The minimum Gasteiger partial charge on any atom is -0.497 e. The van der Waals surface area contributed by atoms with Gasteiger partial charge in [-0.3, -0.25) is 9.69 Å². The second kappa shape index (κ2) is 6.32. The van der Waals surface area contributed by atoms with E-state index in [0.29, 0.717) is 22.2 Å². The van der Waals surface area contributed by atoms with Gasteiger partial charge in [0.25, 0.3) is 0 Å². The van der Waals surface area contributed by atoms with Crippen LogP contribution in [0.1, 0.15) is 25.5 Å². The number of hydrogen-bond acceptors (Lipinski definition) is 6. The Bertz CT molecular complexity index is 754. The molecule has 2 aliphatic rings. The number of carbonyl (C=O) groups excluding carboxylic acids is 2. The maximum Gasteiger partial charge on any atom is 0.338 e. The van der Waals surface area contributed by atoms with Gasteiger partial charge in [0.2, 0.25) is 5.91 Å². The summed E-state index contributed by atoms with van der Waals surface area (Å²) < 4.78 is 10.1. The van der Waals surface area contributed by atoms with Crippen LogP contribution in [0.2, 0.25) is 0 Å². The fourth-order valence-corrected chi connectivity index (χ4v) is 3.90. The van der Waals surface area contributed by atoms with E-state index in [1.807, 2.05) is 31.2 Å². The lowest BCUT2D eigenvalue weighted by Crippen LogP contribution is -2.40. The Kier molecular flexibility index (Phi) is 4.36. The molecular weight excluding hydrogens is 328 g/mol. The third-order valence-electron chi connectivity index (χ3n) is 4.10. The van der Waals surface area contributed by atoms with Crippen molar-refractivity contribution in [3.05, 3.63) is 41.1 Å². The Labute approximate surface area is 144 Å². The van der Waals surface area contributed by atoms with E-state index in [9.17, 15) is 9.59 Å². The van der Waals surface area contributed by atoms with E-state index in [1.54, 1.807) is 18.9 Å². The molecule has 0 unspecified atom stereocenters. The highest BCUT2D eigenvalue weighted by Gasteiger charge is 2.46. The van der Waals surface area contributed by atoms with Crippen LogP contribution in [0.15, 0.2) is 40.5 Å². The lowest BCUT2D eigenvalue weighted by atomic mass is 9.94. The maximum absolute atomic E-state index is 12.6. The summed E-state index contributed by atoms with van der Waals surface area (Å²) in [6, 6.07) is 6.78. The van der Waals surface area contributed by atoms with E-state index < -0.39 is 12.0 Å². The van der Waals surface area contributed by atoms with Gasteiger partial charge < -0.3 is 9.47 Å². The van der Waals surface area contributed by atoms with Gasteiger partial charge >= 0.3 is 5.97 Å². The summed E-state index contributed by atoms with van der Waals surface area (Å²) in [5, 5.41) is 0.396. The number of fused-ring (bicyclic) bond motifs is 1. The van der Waals surface area contributed by atoms with Crippen LogP contribution in [0.5, 0.6) is 5.75 Å². The molecule has 0 aliphatic carbocycles. The summed E-state index contributed by atoms with van der Waals surface area (Å²) in [5.41, 5.74) is 1.77. The van der Waals surface area contributed by atoms with Crippen LogP contribution in [0.3, 0.4) is 0 Å². The molecule has 2 aliphatic heterocycles. The number of thioether (sulfide) groups is 1. The molecule has 0 saturated carbocycles. The Morgan fingerprint density at radius 3 is 2.50 bits per heavy atom. The lowest BCUT2D eigenvalue weighted by Gasteiger charge is -2.32. The number of rotatable bonds is 3. The molecule has 1 saturated heterocycles. The van der Waals surface area contributed by atoms with Gasteiger partial charge in [-0.2, -0.15) is 0 Å². The Balaban J connectivity index is 2.14. The number of benzene rings is 1. The van der Waals surface area contributed by atoms with Crippen molar-refractivity contribution in [2.24, 2.45) is 4.99 Å². The smallest absolute Gasteiger partial charge is 0.338 e. The number of ether oxygens (including phenoxy) is 2. The van der Waals surface area contributed by atoms with Crippen LogP contribution >= 0.6 is 11.8 Å². The first kappa shape index (κ1) is 16.6. The van der Waals surface area contributed by atoms with Gasteiger partial charge in [0.05, 0.1) is 36.8 Å². The lowest BCUT2D eigenvalue weighted by molar-refractivity contribution is -0.137. The van der Waals surface area contributed by atoms with Crippen molar-refractivity contribution in [3.63, 3.8) is 0 Å². The predicted octanol–water partition coefficient (Wildman–Crippen LogP) is 2.52. The molecule has 3 rings (SSSR count). The second-order valence-corrected chi connectivity index (χ2v) is 6.84. The van der Waals surface area contributed by atoms with Gasteiger partial charge in [-0.05, 0) is 31.5 Å². The van der Waals surface area contributed by atoms with Crippen molar-refractivity contribution in [2.45, 2.75) is 25.1 Å². The van der Waals surface area contributed by atoms with Crippen molar-refractivity contribution in [2.75, 3.05) is 14.2 Å². The average Bonchev–Trinajstić information content (AvgIpc) is 2.87. The van der Waals surface area contributed by atoms with Crippen molar-refractivity contribution in [1.29, 1.82) is 0 Å². The first-order valence-corrected chi connectivity index (χ1v) is 8.37. The van der Waals surface area contributed by atoms with Crippen LogP contribution in [-0.4, -0.2) is 41.4 Å². The molecule has 1 aromatic carbocycles. The van der Waals surface area contributed by atoms with Crippen LogP contribution < -0.4 is 4.74 Å². The number of aliphatic imine (C=N–C) groups is 1. The molecule has 1 fully saturated rings. The summed E-state index contributed by atoms with van der Waals surface area (Å²) in [6.45, 7) is 3.60. The normalized spacial score (nSPS) is 23.1. The number of amides is 1. The van der Waals surface area contributed by atoms with Crippen LogP contribution in [0.4, 0.5) is 0 Å². The zero-order valence-corrected chi connectivity index (χ0v) is 14.7. The van der Waals surface area contributed by atoms with E-state index in [0.717, 1.165) is 5.56 Å². The third-order valence-corrected chi connectivity index (χ3v) is 5.15. The number of allylic oxidation sites excluding steroid dienone is 1. The van der Waals surface area contributed by atoms with Crippen LogP contribution in [0, 0.1) is 0 Å². The number of methoxy groups -OCH3 is 2. The predicted molar refractivity (Wildman–Crippen MR) is 91.8 cm³/mol. The molecule has 7 heteroatoms. The van der Waals surface area contributed by atoms with Crippen LogP contribution in [-0.2, 0) is 14.3 Å². The highest BCUT2D eigenvalue weighted by molar-refractivity contribution is 8.15. The summed E-state index contributed by atoms with van der Waals surface area (Å²) in [5.74, 6) is 0.168. The second-order valence-electron chi connectivity index (χ2n) is 5.53. The molecule has 126 valence electrons. The fraction of sp³-hybridized carbons (Fsp3) is 0.353. The summed E-state index contributed by atoms with van der Waals surface area (Å²) in [7, 11) is 2.92. The first-order valence-electron chi connectivity index (χ1n) is 7.49. The minimum atomic E-state index is -0.541. The zero-order valence-electron chi connectivity index (χ0n) is 13.9. The fourth-order valence-electron chi connectivity index (χ4n) is 2.88. The molecule has 2 atom stereocenters. The molecule has 1 amide bonds. The number of esters is 1. The van der Waals surface area contributed by atoms with Crippen molar-refractivity contribution >= 4 is 28.8 Å². The molecular formula is C17H18N2O4S. The van der Waals surface area contributed by atoms with Gasteiger partial charge in [0.1, 0.15) is 5.75 Å². The quantitative estimate of drug-likeness (QED) is 0.787. The monoisotopic (exact) mass is 346 g/mol. The summed E-state index contributed by atoms with van der Waals surface area (Å²) in [6.07, 6.45) is 0. The SMILES string of the molecule is COC(=O)C1=C(C)N=C2S[C@H](C)C(=O)N2[C@@H]1c1ccc(OC)cc1. The molecule has 2 heterocycles. The molecule has 0 N–H and O–H groups in total. The van der Waals surface area contributed by atoms with E-state index in [1.165, 1.54) is 18.9 Å². The van der Waals surface area contributed by atoms with Crippen molar-refractivity contribution < 1.29 is 19.1 Å². The Hall–Kier alpha value is -2.28. The Morgan fingerprint density at radius 2 is 1.92 bits per heavy atom. The van der Waals surface area contributed by atoms with Crippen molar-refractivity contribution in [1.82, 2.24) is 4.90 Å². The summed E-state index contributed by atoms with van der Waals surface area (Å²) >= 11 is 1.40. The molecule has 0 spiro atoms. The number of hydrogen-bond donors (Lipinski definition) is 0. The average molecular weight is 346 g/mol. The number of carbonyl (C=O) groups is 2. The highest BCUT2D eigenvalue weighted by atomic mass is 32.2. The first-order chi connectivity index (χ1) is 11.5. The van der Waals surface area contributed by atoms with Crippen LogP contribution in [0.25, 0.3) is 0 Å².